The molecule has 0 fully saturated rings. The Morgan fingerprint density at radius 3 is 2.55 bits per heavy atom. The molecule has 0 heterocycles. The number of azo groups is 1. The zero-order chi connectivity index (χ0) is 16.3. The lowest BCUT2D eigenvalue weighted by Gasteiger charge is -2.03. The zero-order valence-electron chi connectivity index (χ0n) is 11.9. The number of nitriles is 1. The predicted octanol–water partition coefficient (Wildman–Crippen LogP) is 5.26. The highest BCUT2D eigenvalue weighted by Crippen LogP contribution is 2.35. The monoisotopic (exact) mass is 358 g/mol. The highest BCUT2D eigenvalue weighted by molar-refractivity contribution is 9.10. The summed E-state index contributed by atoms with van der Waals surface area (Å²) in [4.78, 5) is 10.3. The maximum atomic E-state index is 10.8. The van der Waals surface area contributed by atoms with E-state index in [-0.39, 0.29) is 16.9 Å². The third-order valence-electron chi connectivity index (χ3n) is 2.99. The summed E-state index contributed by atoms with van der Waals surface area (Å²) in [6, 6.07) is 10.1. The molecule has 2 aromatic rings. The number of rotatable bonds is 3. The van der Waals surface area contributed by atoms with Gasteiger partial charge in [0.1, 0.15) is 11.8 Å². The van der Waals surface area contributed by atoms with E-state index in [0.717, 1.165) is 11.1 Å². The number of hydrogen-bond acceptors (Lipinski definition) is 5. The first kappa shape index (κ1) is 15.8. The number of hydrogen-bond donors (Lipinski definition) is 0. The summed E-state index contributed by atoms with van der Waals surface area (Å²) < 4.78 is 0.353. The van der Waals surface area contributed by atoms with Crippen LogP contribution in [0.1, 0.15) is 16.7 Å². The van der Waals surface area contributed by atoms with Gasteiger partial charge in [0.2, 0.25) is 0 Å². The number of aryl methyl sites for hydroxylation is 2. The lowest BCUT2D eigenvalue weighted by Crippen LogP contribution is -1.89. The standard InChI is InChI=1S/C15H11BrN4O2/c1-9-3-4-14(10(2)5-9)18-19-15-11(8-17)6-12(20(21)22)7-13(15)16/h3-7H,1-2H3. The average molecular weight is 359 g/mol. The van der Waals surface area contributed by atoms with E-state index in [1.807, 2.05) is 38.1 Å². The van der Waals surface area contributed by atoms with Gasteiger partial charge >= 0.3 is 0 Å². The maximum Gasteiger partial charge on any atom is 0.272 e. The first-order valence-electron chi connectivity index (χ1n) is 6.29. The Labute approximate surface area is 135 Å². The minimum absolute atomic E-state index is 0.0922. The minimum Gasteiger partial charge on any atom is -0.258 e. The summed E-state index contributed by atoms with van der Waals surface area (Å²) in [5, 5.41) is 28.2. The quantitative estimate of drug-likeness (QED) is 0.425. The van der Waals surface area contributed by atoms with Crippen molar-refractivity contribution in [2.45, 2.75) is 13.8 Å². The van der Waals surface area contributed by atoms with Gasteiger partial charge in [-0.2, -0.15) is 10.4 Å². The van der Waals surface area contributed by atoms with Gasteiger partial charge in [-0.05, 0) is 41.4 Å². The lowest BCUT2D eigenvalue weighted by atomic mass is 10.1. The van der Waals surface area contributed by atoms with E-state index in [0.29, 0.717) is 10.2 Å². The van der Waals surface area contributed by atoms with E-state index >= 15 is 0 Å². The second kappa shape index (κ2) is 6.45. The third kappa shape index (κ3) is 3.35. The molecule has 0 aliphatic carbocycles. The summed E-state index contributed by atoms with van der Waals surface area (Å²) in [7, 11) is 0. The van der Waals surface area contributed by atoms with E-state index in [2.05, 4.69) is 26.2 Å². The second-order valence-corrected chi connectivity index (χ2v) is 5.54. The van der Waals surface area contributed by atoms with Crippen LogP contribution in [0.4, 0.5) is 17.1 Å². The summed E-state index contributed by atoms with van der Waals surface area (Å²) >= 11 is 3.20. The lowest BCUT2D eigenvalue weighted by molar-refractivity contribution is -0.384. The van der Waals surface area contributed by atoms with Crippen molar-refractivity contribution in [3.8, 4) is 6.07 Å². The van der Waals surface area contributed by atoms with Crippen LogP contribution >= 0.6 is 15.9 Å². The van der Waals surface area contributed by atoms with E-state index in [9.17, 15) is 10.1 Å². The summed E-state index contributed by atoms with van der Waals surface area (Å²) in [5.74, 6) is 0. The molecule has 0 aliphatic rings. The fraction of sp³-hybridized carbons (Fsp3) is 0.133. The van der Waals surface area contributed by atoms with Crippen LogP contribution in [0, 0.1) is 35.3 Å². The molecule has 7 heteroatoms. The molecule has 22 heavy (non-hydrogen) atoms. The van der Waals surface area contributed by atoms with Gasteiger partial charge in [0.05, 0.1) is 20.6 Å². The molecule has 0 atom stereocenters. The Hall–Kier alpha value is -2.59. The Morgan fingerprint density at radius 2 is 1.95 bits per heavy atom. The SMILES string of the molecule is Cc1ccc(N=Nc2c(Br)cc([N+](=O)[O-])cc2C#N)c(C)c1. The maximum absolute atomic E-state index is 10.8. The van der Waals surface area contributed by atoms with Crippen LogP contribution in [-0.2, 0) is 0 Å². The molecule has 0 radical (unpaired) electrons. The first-order valence-corrected chi connectivity index (χ1v) is 7.08. The van der Waals surface area contributed by atoms with Crippen LogP contribution < -0.4 is 0 Å². The molecule has 0 N–H and O–H groups in total. The Bertz CT molecular complexity index is 825. The number of nitro groups is 1. The molecule has 0 bridgehead atoms. The molecule has 0 saturated carbocycles. The normalized spacial score (nSPS) is 10.6. The second-order valence-electron chi connectivity index (χ2n) is 4.68. The molecule has 0 amide bonds. The average Bonchev–Trinajstić information content (AvgIpc) is 2.46. The van der Waals surface area contributed by atoms with Gasteiger partial charge in [0.25, 0.3) is 5.69 Å². The van der Waals surface area contributed by atoms with Crippen molar-refractivity contribution in [3.05, 3.63) is 61.6 Å². The summed E-state index contributed by atoms with van der Waals surface area (Å²) in [5.41, 5.74) is 2.95. The number of nitro benzene ring substituents is 1. The van der Waals surface area contributed by atoms with E-state index in [1.54, 1.807) is 0 Å². The van der Waals surface area contributed by atoms with Crippen LogP contribution in [-0.4, -0.2) is 4.92 Å². The molecular formula is C15H11BrN4O2. The number of benzene rings is 2. The fourth-order valence-electron chi connectivity index (χ4n) is 1.90. The van der Waals surface area contributed by atoms with Crippen molar-refractivity contribution in [3.63, 3.8) is 0 Å². The Morgan fingerprint density at radius 1 is 1.23 bits per heavy atom. The van der Waals surface area contributed by atoms with Crippen molar-refractivity contribution in [1.29, 1.82) is 5.26 Å². The summed E-state index contributed by atoms with van der Waals surface area (Å²) in [6.07, 6.45) is 0. The molecule has 0 spiro atoms. The zero-order valence-corrected chi connectivity index (χ0v) is 13.5. The van der Waals surface area contributed by atoms with Crippen molar-refractivity contribution in [2.75, 3.05) is 0 Å². The molecule has 2 aromatic carbocycles. The van der Waals surface area contributed by atoms with Gasteiger partial charge in [-0.3, -0.25) is 10.1 Å². The van der Waals surface area contributed by atoms with Crippen molar-refractivity contribution >= 4 is 33.0 Å². The first-order chi connectivity index (χ1) is 10.4. The molecule has 0 aromatic heterocycles. The number of non-ortho nitro benzene ring substituents is 1. The Kier molecular flexibility index (Phi) is 4.63. The van der Waals surface area contributed by atoms with Gasteiger partial charge in [0.15, 0.2) is 0 Å². The van der Waals surface area contributed by atoms with Gasteiger partial charge < -0.3 is 0 Å². The van der Waals surface area contributed by atoms with Crippen LogP contribution in [0.5, 0.6) is 0 Å². The highest BCUT2D eigenvalue weighted by Gasteiger charge is 2.15. The fourth-order valence-corrected chi connectivity index (χ4v) is 2.43. The Balaban J connectivity index is 2.47. The smallest absolute Gasteiger partial charge is 0.258 e. The molecule has 110 valence electrons. The van der Waals surface area contributed by atoms with Gasteiger partial charge in [-0.25, -0.2) is 0 Å². The van der Waals surface area contributed by atoms with E-state index < -0.39 is 4.92 Å². The van der Waals surface area contributed by atoms with Crippen LogP contribution in [0.3, 0.4) is 0 Å². The number of halogens is 1. The predicted molar refractivity (Wildman–Crippen MR) is 85.6 cm³/mol. The van der Waals surface area contributed by atoms with Crippen LogP contribution in [0.15, 0.2) is 45.0 Å². The molecule has 2 rings (SSSR count). The molecule has 6 nitrogen and oxygen atoms in total. The van der Waals surface area contributed by atoms with Crippen LogP contribution in [0.2, 0.25) is 0 Å². The van der Waals surface area contributed by atoms with E-state index in [4.69, 9.17) is 5.26 Å². The van der Waals surface area contributed by atoms with Gasteiger partial charge in [0, 0.05) is 12.1 Å². The largest absolute Gasteiger partial charge is 0.272 e. The summed E-state index contributed by atoms with van der Waals surface area (Å²) in [6.45, 7) is 3.89. The minimum atomic E-state index is -0.559. The highest BCUT2D eigenvalue weighted by atomic mass is 79.9. The van der Waals surface area contributed by atoms with Gasteiger partial charge in [-0.15, -0.1) is 5.11 Å². The molecular weight excluding hydrogens is 348 g/mol. The van der Waals surface area contributed by atoms with Crippen molar-refractivity contribution < 1.29 is 4.92 Å². The molecule has 0 aliphatic heterocycles. The van der Waals surface area contributed by atoms with Crippen molar-refractivity contribution in [2.24, 2.45) is 10.2 Å². The molecule has 0 unspecified atom stereocenters. The third-order valence-corrected chi connectivity index (χ3v) is 3.59. The number of nitrogens with zero attached hydrogens (tertiary/aromatic N) is 4. The van der Waals surface area contributed by atoms with Crippen LogP contribution in [0.25, 0.3) is 0 Å². The van der Waals surface area contributed by atoms with E-state index in [1.165, 1.54) is 12.1 Å². The van der Waals surface area contributed by atoms with Crippen molar-refractivity contribution in [1.82, 2.24) is 0 Å². The molecule has 0 saturated heterocycles. The topological polar surface area (TPSA) is 91.7 Å². The van der Waals surface area contributed by atoms with Gasteiger partial charge in [-0.1, -0.05) is 17.7 Å².